The number of methoxy groups -OCH3 is 1. The molecule has 1 saturated heterocycles. The number of aromatic nitrogens is 4. The van der Waals surface area contributed by atoms with Crippen LogP contribution in [0.25, 0.3) is 5.95 Å². The maximum atomic E-state index is 13.5. The first-order chi connectivity index (χ1) is 14.8. The number of nitrogens with one attached hydrogen (secondary N) is 1. The molecule has 2 fully saturated rings. The van der Waals surface area contributed by atoms with E-state index in [9.17, 15) is 18.0 Å². The summed E-state index contributed by atoms with van der Waals surface area (Å²) in [5.41, 5.74) is 0.228. The van der Waals surface area contributed by atoms with Gasteiger partial charge >= 0.3 is 6.09 Å². The van der Waals surface area contributed by atoms with Gasteiger partial charge in [0, 0.05) is 31.1 Å². The summed E-state index contributed by atoms with van der Waals surface area (Å²) in [6.07, 6.45) is 1.07. The van der Waals surface area contributed by atoms with Crippen molar-refractivity contribution in [3.05, 3.63) is 24.0 Å². The standard InChI is InChI=1S/C19H23F3N6O3/c1-30-18(29)27-10-14(11-27)31-16-8-15(23-12-2-5-19(21,22)6-3-12)24-17(25-16)28-7-4-13(9-20)26-28/h4,7-8,12,14H,2-3,5-6,9-11H2,1H3,(H,23,24,25). The quantitative estimate of drug-likeness (QED) is 0.738. The lowest BCUT2D eigenvalue weighted by Crippen LogP contribution is -2.56. The summed E-state index contributed by atoms with van der Waals surface area (Å²) in [5.74, 6) is -1.83. The van der Waals surface area contributed by atoms with Crippen LogP contribution in [0.4, 0.5) is 23.8 Å². The molecule has 1 aliphatic carbocycles. The second-order valence-electron chi connectivity index (χ2n) is 7.67. The number of ether oxygens (including phenoxy) is 2. The van der Waals surface area contributed by atoms with E-state index in [1.165, 1.54) is 29.0 Å². The molecule has 1 aliphatic heterocycles. The van der Waals surface area contributed by atoms with Crippen LogP contribution < -0.4 is 10.1 Å². The van der Waals surface area contributed by atoms with Crippen molar-refractivity contribution in [1.82, 2.24) is 24.6 Å². The van der Waals surface area contributed by atoms with Gasteiger partial charge in [-0.2, -0.15) is 15.1 Å². The van der Waals surface area contributed by atoms with Gasteiger partial charge in [0.1, 0.15) is 18.6 Å². The molecule has 1 N–H and O–H groups in total. The highest BCUT2D eigenvalue weighted by Gasteiger charge is 2.35. The normalized spacial score (nSPS) is 19.0. The Kier molecular flexibility index (Phi) is 5.88. The molecule has 0 unspecified atom stereocenters. The summed E-state index contributed by atoms with van der Waals surface area (Å²) in [7, 11) is 1.31. The molecule has 0 radical (unpaired) electrons. The van der Waals surface area contributed by atoms with Crippen molar-refractivity contribution in [1.29, 1.82) is 0 Å². The van der Waals surface area contributed by atoms with Crippen LogP contribution in [0.15, 0.2) is 18.3 Å². The van der Waals surface area contributed by atoms with Gasteiger partial charge in [0.15, 0.2) is 0 Å². The van der Waals surface area contributed by atoms with Gasteiger partial charge in [0.05, 0.1) is 25.9 Å². The zero-order valence-electron chi connectivity index (χ0n) is 16.9. The Bertz CT molecular complexity index is 924. The van der Waals surface area contributed by atoms with Gasteiger partial charge in [0.25, 0.3) is 5.95 Å². The van der Waals surface area contributed by atoms with Crippen LogP contribution in [-0.4, -0.2) is 69.0 Å². The fourth-order valence-electron chi connectivity index (χ4n) is 3.55. The number of nitrogens with zero attached hydrogens (tertiary/aromatic N) is 5. The number of hydrogen-bond donors (Lipinski definition) is 1. The molecule has 0 bridgehead atoms. The minimum Gasteiger partial charge on any atom is -0.470 e. The molecule has 0 atom stereocenters. The lowest BCUT2D eigenvalue weighted by Gasteiger charge is -2.37. The third-order valence-corrected chi connectivity index (χ3v) is 5.31. The summed E-state index contributed by atoms with van der Waals surface area (Å²) in [4.78, 5) is 21.7. The molecule has 12 heteroatoms. The summed E-state index contributed by atoms with van der Waals surface area (Å²) in [5, 5.41) is 7.24. The molecule has 3 heterocycles. The van der Waals surface area contributed by atoms with E-state index >= 15 is 0 Å². The zero-order valence-corrected chi connectivity index (χ0v) is 16.9. The second-order valence-corrected chi connectivity index (χ2v) is 7.67. The number of carbonyl (C=O) groups excluding carboxylic acids is 1. The molecule has 4 rings (SSSR count). The highest BCUT2D eigenvalue weighted by molar-refractivity contribution is 5.68. The van der Waals surface area contributed by atoms with Crippen molar-refractivity contribution in [3.8, 4) is 11.8 Å². The maximum absolute atomic E-state index is 13.5. The average molecular weight is 440 g/mol. The molecule has 1 amide bonds. The Morgan fingerprint density at radius 1 is 1.29 bits per heavy atom. The van der Waals surface area contributed by atoms with E-state index < -0.39 is 18.7 Å². The number of likely N-dealkylation sites (tertiary alicyclic amines) is 1. The summed E-state index contributed by atoms with van der Waals surface area (Å²) < 4.78 is 51.6. The maximum Gasteiger partial charge on any atom is 0.409 e. The zero-order chi connectivity index (χ0) is 22.0. The number of amides is 1. The third-order valence-electron chi connectivity index (χ3n) is 5.31. The van der Waals surface area contributed by atoms with E-state index in [0.29, 0.717) is 31.7 Å². The predicted molar refractivity (Wildman–Crippen MR) is 103 cm³/mol. The first kappa shape index (κ1) is 21.2. The number of rotatable bonds is 6. The Morgan fingerprint density at radius 2 is 2.03 bits per heavy atom. The van der Waals surface area contributed by atoms with Gasteiger partial charge in [-0.15, -0.1) is 0 Å². The van der Waals surface area contributed by atoms with E-state index in [4.69, 9.17) is 4.74 Å². The Morgan fingerprint density at radius 3 is 2.68 bits per heavy atom. The molecule has 2 aromatic rings. The summed E-state index contributed by atoms with van der Waals surface area (Å²) >= 11 is 0. The van der Waals surface area contributed by atoms with Crippen LogP contribution in [0.1, 0.15) is 31.4 Å². The molecule has 9 nitrogen and oxygen atoms in total. The van der Waals surface area contributed by atoms with Gasteiger partial charge in [-0.05, 0) is 18.9 Å². The summed E-state index contributed by atoms with van der Waals surface area (Å²) in [6.45, 7) is -0.0312. The summed E-state index contributed by atoms with van der Waals surface area (Å²) in [6, 6.07) is 2.93. The second kappa shape index (κ2) is 8.60. The molecule has 0 spiro atoms. The smallest absolute Gasteiger partial charge is 0.409 e. The molecule has 168 valence electrons. The number of alkyl halides is 3. The number of hydrogen-bond acceptors (Lipinski definition) is 7. The van der Waals surface area contributed by atoms with Gasteiger partial charge in [-0.3, -0.25) is 0 Å². The van der Waals surface area contributed by atoms with Gasteiger partial charge in [-0.25, -0.2) is 22.6 Å². The van der Waals surface area contributed by atoms with E-state index in [0.717, 1.165) is 0 Å². The van der Waals surface area contributed by atoms with Crippen molar-refractivity contribution in [3.63, 3.8) is 0 Å². The SMILES string of the molecule is COC(=O)N1CC(Oc2cc(NC3CCC(F)(F)CC3)nc(-n3ccc(CF)n3)n2)C1. The van der Waals surface area contributed by atoms with Crippen molar-refractivity contribution in [2.45, 2.75) is 50.4 Å². The van der Waals surface area contributed by atoms with Crippen molar-refractivity contribution < 1.29 is 27.4 Å². The highest BCUT2D eigenvalue weighted by atomic mass is 19.3. The predicted octanol–water partition coefficient (Wildman–Crippen LogP) is 2.95. The average Bonchev–Trinajstić information content (AvgIpc) is 3.21. The van der Waals surface area contributed by atoms with Crippen LogP contribution in [0.3, 0.4) is 0 Å². The first-order valence-electron chi connectivity index (χ1n) is 9.99. The molecular formula is C19H23F3N6O3. The van der Waals surface area contributed by atoms with E-state index in [-0.39, 0.29) is 42.5 Å². The van der Waals surface area contributed by atoms with Gasteiger partial charge in [0.2, 0.25) is 11.8 Å². The fraction of sp³-hybridized carbons (Fsp3) is 0.579. The van der Waals surface area contributed by atoms with Gasteiger partial charge in [-0.1, -0.05) is 0 Å². The van der Waals surface area contributed by atoms with E-state index in [2.05, 4.69) is 25.1 Å². The van der Waals surface area contributed by atoms with Crippen LogP contribution in [0.5, 0.6) is 5.88 Å². The van der Waals surface area contributed by atoms with Crippen LogP contribution in [-0.2, 0) is 11.4 Å². The molecule has 2 aromatic heterocycles. The largest absolute Gasteiger partial charge is 0.470 e. The van der Waals surface area contributed by atoms with Crippen LogP contribution >= 0.6 is 0 Å². The molecular weight excluding hydrogens is 417 g/mol. The molecule has 0 aromatic carbocycles. The van der Waals surface area contributed by atoms with Crippen molar-refractivity contribution in [2.75, 3.05) is 25.5 Å². The van der Waals surface area contributed by atoms with Gasteiger partial charge < -0.3 is 19.7 Å². The minimum atomic E-state index is -2.63. The number of carbonyl (C=O) groups is 1. The monoisotopic (exact) mass is 440 g/mol. The van der Waals surface area contributed by atoms with Crippen LogP contribution in [0.2, 0.25) is 0 Å². The van der Waals surface area contributed by atoms with E-state index in [1.54, 1.807) is 6.07 Å². The Labute approximate surface area is 176 Å². The Balaban J connectivity index is 1.50. The lowest BCUT2D eigenvalue weighted by atomic mass is 9.92. The minimum absolute atomic E-state index is 0.157. The van der Waals surface area contributed by atoms with Crippen LogP contribution in [0, 0.1) is 0 Å². The highest BCUT2D eigenvalue weighted by Crippen LogP contribution is 2.34. The topological polar surface area (TPSA) is 94.4 Å². The number of anilines is 1. The first-order valence-corrected chi connectivity index (χ1v) is 9.99. The van der Waals surface area contributed by atoms with Crippen molar-refractivity contribution >= 4 is 11.9 Å². The Hall–Kier alpha value is -3.05. The molecule has 2 aliphatic rings. The third kappa shape index (κ3) is 5.00. The lowest BCUT2D eigenvalue weighted by molar-refractivity contribution is -0.0361. The molecule has 1 saturated carbocycles. The fourth-order valence-corrected chi connectivity index (χ4v) is 3.55. The van der Waals surface area contributed by atoms with E-state index in [1.807, 2.05) is 0 Å². The number of halogens is 3. The molecule has 31 heavy (non-hydrogen) atoms. The van der Waals surface area contributed by atoms with Crippen molar-refractivity contribution in [2.24, 2.45) is 0 Å².